The van der Waals surface area contributed by atoms with Gasteiger partial charge in [-0.05, 0) is 50.1 Å². The molecule has 1 aliphatic heterocycles. The molecule has 0 fully saturated rings. The van der Waals surface area contributed by atoms with Gasteiger partial charge in [0.15, 0.2) is 11.5 Å². The smallest absolute Gasteiger partial charge is 0.244 e. The molecule has 0 aromatic heterocycles. The number of benzene rings is 2. The van der Waals surface area contributed by atoms with Gasteiger partial charge in [0.2, 0.25) is 21.8 Å². The van der Waals surface area contributed by atoms with Gasteiger partial charge in [0.05, 0.1) is 11.4 Å². The van der Waals surface area contributed by atoms with Crippen molar-refractivity contribution in [1.82, 2.24) is 10.2 Å². The standard InChI is InChI=1S/C25H31Cl2N3O6S/c1-4-21(25(32)28-5-2)29(15-17-7-8-18(26)13-20(17)27)24(31)16-30(37(33,34)6-3)19-9-10-22-23(14-19)36-12-11-35-22/h7-10,13-14,21H,4-6,11-12,15-16H2,1-3H3,(H,28,32)/t21-/m0/s1. The van der Waals surface area contributed by atoms with Crippen LogP contribution in [-0.4, -0.2) is 63.2 Å². The quantitative estimate of drug-likeness (QED) is 0.439. The zero-order chi connectivity index (χ0) is 27.2. The number of likely N-dealkylation sites (N-methyl/N-ethyl adjacent to an activating group) is 1. The van der Waals surface area contributed by atoms with Crippen LogP contribution < -0.4 is 19.1 Å². The summed E-state index contributed by atoms with van der Waals surface area (Å²) >= 11 is 12.4. The van der Waals surface area contributed by atoms with Gasteiger partial charge in [-0.3, -0.25) is 13.9 Å². The number of ether oxygens (including phenoxy) is 2. The maximum Gasteiger partial charge on any atom is 0.244 e. The molecular formula is C25H31Cl2N3O6S. The molecule has 0 saturated carbocycles. The van der Waals surface area contributed by atoms with E-state index < -0.39 is 28.5 Å². The second kappa shape index (κ2) is 12.7. The number of hydrogen-bond acceptors (Lipinski definition) is 6. The van der Waals surface area contributed by atoms with Gasteiger partial charge in [-0.15, -0.1) is 0 Å². The van der Waals surface area contributed by atoms with Crippen LogP contribution >= 0.6 is 23.2 Å². The van der Waals surface area contributed by atoms with Crippen molar-refractivity contribution in [3.63, 3.8) is 0 Å². The van der Waals surface area contributed by atoms with E-state index in [1.54, 1.807) is 44.2 Å². The molecule has 0 spiro atoms. The van der Waals surface area contributed by atoms with Crippen LogP contribution in [0.15, 0.2) is 36.4 Å². The average Bonchev–Trinajstić information content (AvgIpc) is 2.88. The van der Waals surface area contributed by atoms with Gasteiger partial charge >= 0.3 is 0 Å². The highest BCUT2D eigenvalue weighted by Gasteiger charge is 2.33. The molecule has 1 heterocycles. The lowest BCUT2D eigenvalue weighted by Crippen LogP contribution is -2.52. The summed E-state index contributed by atoms with van der Waals surface area (Å²) in [6.07, 6.45) is 0.313. The first-order chi connectivity index (χ1) is 17.6. The van der Waals surface area contributed by atoms with E-state index in [1.807, 2.05) is 0 Å². The van der Waals surface area contributed by atoms with Crippen molar-refractivity contribution in [2.24, 2.45) is 0 Å². The second-order valence-electron chi connectivity index (χ2n) is 8.31. The molecule has 9 nitrogen and oxygen atoms in total. The number of nitrogens with one attached hydrogen (secondary N) is 1. The molecule has 1 aliphatic rings. The number of hydrogen-bond donors (Lipinski definition) is 1. The number of amides is 2. The normalized spacial score (nSPS) is 13.5. The Labute approximate surface area is 227 Å². The third-order valence-electron chi connectivity index (χ3n) is 5.89. The minimum Gasteiger partial charge on any atom is -0.486 e. The number of carbonyl (C=O) groups excluding carboxylic acids is 2. The fourth-order valence-electron chi connectivity index (χ4n) is 3.95. The predicted molar refractivity (Wildman–Crippen MR) is 144 cm³/mol. The zero-order valence-corrected chi connectivity index (χ0v) is 23.3. The van der Waals surface area contributed by atoms with Crippen LogP contribution in [-0.2, 0) is 26.2 Å². The van der Waals surface area contributed by atoms with Gasteiger partial charge in [0.25, 0.3) is 0 Å². The van der Waals surface area contributed by atoms with Crippen LogP contribution in [0.4, 0.5) is 5.69 Å². The van der Waals surface area contributed by atoms with E-state index in [9.17, 15) is 18.0 Å². The number of nitrogens with zero attached hydrogens (tertiary/aromatic N) is 2. The molecule has 0 aliphatic carbocycles. The Kier molecular flexibility index (Phi) is 9.92. The van der Waals surface area contributed by atoms with E-state index in [0.29, 0.717) is 53.3 Å². The summed E-state index contributed by atoms with van der Waals surface area (Å²) < 4.78 is 38.4. The molecule has 0 bridgehead atoms. The molecule has 1 N–H and O–H groups in total. The van der Waals surface area contributed by atoms with Crippen molar-refractivity contribution in [2.45, 2.75) is 39.8 Å². The first kappa shape index (κ1) is 28.9. The molecule has 2 amide bonds. The highest BCUT2D eigenvalue weighted by atomic mass is 35.5. The Bertz CT molecular complexity index is 1240. The Morgan fingerprint density at radius 1 is 1.03 bits per heavy atom. The third kappa shape index (κ3) is 7.00. The predicted octanol–water partition coefficient (Wildman–Crippen LogP) is 3.86. The van der Waals surface area contributed by atoms with Crippen LogP contribution in [0.5, 0.6) is 11.5 Å². The van der Waals surface area contributed by atoms with Gasteiger partial charge in [0.1, 0.15) is 25.8 Å². The van der Waals surface area contributed by atoms with E-state index >= 15 is 0 Å². The summed E-state index contributed by atoms with van der Waals surface area (Å²) in [5.41, 5.74) is 0.835. The van der Waals surface area contributed by atoms with E-state index in [2.05, 4.69) is 5.32 Å². The maximum atomic E-state index is 13.8. The summed E-state index contributed by atoms with van der Waals surface area (Å²) in [5.74, 6) is -0.239. The van der Waals surface area contributed by atoms with Crippen LogP contribution in [0, 0.1) is 0 Å². The SMILES string of the molecule is CCNC(=O)[C@H](CC)N(Cc1ccc(Cl)cc1Cl)C(=O)CN(c1ccc2c(c1)OCCO2)S(=O)(=O)CC. The molecule has 2 aromatic carbocycles. The van der Waals surface area contributed by atoms with Crippen molar-refractivity contribution < 1.29 is 27.5 Å². The first-order valence-corrected chi connectivity index (χ1v) is 14.4. The minimum absolute atomic E-state index is 0.00831. The number of fused-ring (bicyclic) bond motifs is 1. The number of anilines is 1. The highest BCUT2D eigenvalue weighted by molar-refractivity contribution is 7.92. The number of sulfonamides is 1. The molecular weight excluding hydrogens is 541 g/mol. The zero-order valence-electron chi connectivity index (χ0n) is 21.0. The largest absolute Gasteiger partial charge is 0.486 e. The second-order valence-corrected chi connectivity index (χ2v) is 11.3. The summed E-state index contributed by atoms with van der Waals surface area (Å²) in [6.45, 7) is 5.64. The van der Waals surface area contributed by atoms with Crippen LogP contribution in [0.1, 0.15) is 32.8 Å². The van der Waals surface area contributed by atoms with Crippen molar-refractivity contribution in [2.75, 3.05) is 36.4 Å². The molecule has 0 radical (unpaired) electrons. The fraction of sp³-hybridized carbons (Fsp3) is 0.440. The van der Waals surface area contributed by atoms with Gasteiger partial charge < -0.3 is 19.7 Å². The lowest BCUT2D eigenvalue weighted by Gasteiger charge is -2.33. The van der Waals surface area contributed by atoms with Crippen molar-refractivity contribution in [3.05, 3.63) is 52.0 Å². The Morgan fingerprint density at radius 3 is 2.35 bits per heavy atom. The summed E-state index contributed by atoms with van der Waals surface area (Å²) in [4.78, 5) is 28.0. The Morgan fingerprint density at radius 2 is 1.73 bits per heavy atom. The fourth-order valence-corrected chi connectivity index (χ4v) is 5.47. The van der Waals surface area contributed by atoms with E-state index in [1.165, 1.54) is 17.9 Å². The minimum atomic E-state index is -3.87. The van der Waals surface area contributed by atoms with Gasteiger partial charge in [-0.1, -0.05) is 36.2 Å². The lowest BCUT2D eigenvalue weighted by molar-refractivity contribution is -0.140. The first-order valence-electron chi connectivity index (χ1n) is 12.0. The summed E-state index contributed by atoms with van der Waals surface area (Å²) in [6, 6.07) is 8.74. The Balaban J connectivity index is 2.00. The van der Waals surface area contributed by atoms with Crippen LogP contribution in [0.25, 0.3) is 0 Å². The van der Waals surface area contributed by atoms with Crippen molar-refractivity contribution in [3.8, 4) is 11.5 Å². The maximum absolute atomic E-state index is 13.8. The van der Waals surface area contributed by atoms with Gasteiger partial charge in [-0.2, -0.15) is 0 Å². The van der Waals surface area contributed by atoms with E-state index in [0.717, 1.165) is 4.31 Å². The van der Waals surface area contributed by atoms with Gasteiger partial charge in [0, 0.05) is 29.2 Å². The van der Waals surface area contributed by atoms with Gasteiger partial charge in [-0.25, -0.2) is 8.42 Å². The summed E-state index contributed by atoms with van der Waals surface area (Å²) in [5, 5.41) is 3.52. The van der Waals surface area contributed by atoms with E-state index in [4.69, 9.17) is 32.7 Å². The van der Waals surface area contributed by atoms with Crippen molar-refractivity contribution in [1.29, 1.82) is 0 Å². The molecule has 202 valence electrons. The highest BCUT2D eigenvalue weighted by Crippen LogP contribution is 2.35. The monoisotopic (exact) mass is 571 g/mol. The molecule has 1 atom stereocenters. The van der Waals surface area contributed by atoms with E-state index in [-0.39, 0.29) is 23.9 Å². The number of rotatable bonds is 11. The number of halogens is 2. The summed E-state index contributed by atoms with van der Waals surface area (Å²) in [7, 11) is -3.87. The third-order valence-corrected chi connectivity index (χ3v) is 8.21. The average molecular weight is 573 g/mol. The molecule has 12 heteroatoms. The molecule has 37 heavy (non-hydrogen) atoms. The van der Waals surface area contributed by atoms with Crippen molar-refractivity contribution >= 4 is 50.7 Å². The molecule has 0 unspecified atom stereocenters. The molecule has 3 rings (SSSR count). The lowest BCUT2D eigenvalue weighted by atomic mass is 10.1. The topological polar surface area (TPSA) is 105 Å². The van der Waals surface area contributed by atoms with Crippen LogP contribution in [0.2, 0.25) is 10.0 Å². The van der Waals surface area contributed by atoms with Crippen LogP contribution in [0.3, 0.4) is 0 Å². The number of carbonyl (C=O) groups is 2. The molecule has 2 aromatic rings. The molecule has 0 saturated heterocycles. The Hall–Kier alpha value is -2.69.